The second-order valence-corrected chi connectivity index (χ2v) is 4.21. The number of halogens is 1. The van der Waals surface area contributed by atoms with Crippen LogP contribution >= 0.6 is 0 Å². The van der Waals surface area contributed by atoms with Crippen molar-refractivity contribution in [1.82, 2.24) is 4.90 Å². The van der Waals surface area contributed by atoms with Crippen molar-refractivity contribution in [3.63, 3.8) is 0 Å². The molecule has 18 heavy (non-hydrogen) atoms. The Morgan fingerprint density at radius 3 is 2.78 bits per heavy atom. The third kappa shape index (κ3) is 2.13. The first-order valence-electron chi connectivity index (χ1n) is 5.51. The molecule has 1 N–H and O–H groups in total. The average Bonchev–Trinajstić information content (AvgIpc) is 2.58. The number of aliphatic carboxylic acids is 1. The first-order valence-corrected chi connectivity index (χ1v) is 5.51. The van der Waals surface area contributed by atoms with E-state index in [0.717, 1.165) is 0 Å². The topological polar surface area (TPSA) is 60.9 Å². The van der Waals surface area contributed by atoms with Crippen molar-refractivity contribution >= 4 is 17.7 Å². The molecule has 5 nitrogen and oxygen atoms in total. The molecule has 0 aromatic heterocycles. The van der Waals surface area contributed by atoms with Gasteiger partial charge in [-0.3, -0.25) is 9.69 Å². The number of rotatable bonds is 3. The summed E-state index contributed by atoms with van der Waals surface area (Å²) in [6.45, 7) is 0.183. The number of urea groups is 1. The van der Waals surface area contributed by atoms with Gasteiger partial charge in [-0.2, -0.15) is 0 Å². The minimum absolute atomic E-state index is 0.146. The summed E-state index contributed by atoms with van der Waals surface area (Å²) in [7, 11) is 1.52. The highest BCUT2D eigenvalue weighted by Crippen LogP contribution is 2.26. The minimum atomic E-state index is -0.977. The number of carboxylic acids is 1. The monoisotopic (exact) mass is 252 g/mol. The van der Waals surface area contributed by atoms with Gasteiger partial charge in [0.25, 0.3) is 0 Å². The molecule has 1 unspecified atom stereocenters. The lowest BCUT2D eigenvalue weighted by atomic mass is 10.2. The van der Waals surface area contributed by atoms with Crippen LogP contribution in [0.25, 0.3) is 0 Å². The van der Waals surface area contributed by atoms with E-state index in [1.807, 2.05) is 0 Å². The maximum Gasteiger partial charge on any atom is 0.324 e. The van der Waals surface area contributed by atoms with E-state index in [-0.39, 0.29) is 24.7 Å². The maximum atomic E-state index is 13.6. The van der Waals surface area contributed by atoms with Crippen molar-refractivity contribution < 1.29 is 19.1 Å². The zero-order chi connectivity index (χ0) is 13.3. The van der Waals surface area contributed by atoms with Gasteiger partial charge in [0.15, 0.2) is 0 Å². The smallest absolute Gasteiger partial charge is 0.324 e. The summed E-state index contributed by atoms with van der Waals surface area (Å²) in [4.78, 5) is 25.2. The van der Waals surface area contributed by atoms with Gasteiger partial charge in [-0.25, -0.2) is 9.18 Å². The van der Waals surface area contributed by atoms with Crippen LogP contribution in [0.2, 0.25) is 0 Å². The summed E-state index contributed by atoms with van der Waals surface area (Å²) >= 11 is 0. The van der Waals surface area contributed by atoms with Gasteiger partial charge in [0.05, 0.1) is 18.2 Å². The first-order chi connectivity index (χ1) is 8.50. The van der Waals surface area contributed by atoms with E-state index in [4.69, 9.17) is 5.11 Å². The van der Waals surface area contributed by atoms with Gasteiger partial charge in [-0.1, -0.05) is 12.1 Å². The SMILES string of the molecule is CN1C(=O)N(c2ccccc2F)CC1CC(=O)O. The third-order valence-corrected chi connectivity index (χ3v) is 3.03. The molecule has 0 aliphatic carbocycles. The van der Waals surface area contributed by atoms with Gasteiger partial charge in [-0.05, 0) is 12.1 Å². The fourth-order valence-corrected chi connectivity index (χ4v) is 2.03. The predicted molar refractivity (Wildman–Crippen MR) is 62.9 cm³/mol. The van der Waals surface area contributed by atoms with E-state index in [9.17, 15) is 14.0 Å². The standard InChI is InChI=1S/C12H13FN2O3/c1-14-8(6-11(16)17)7-15(12(14)18)10-5-3-2-4-9(10)13/h2-5,8H,6-7H2,1H3,(H,16,17). The van der Waals surface area contributed by atoms with E-state index in [1.54, 1.807) is 6.07 Å². The number of benzene rings is 1. The molecule has 1 aliphatic heterocycles. The van der Waals surface area contributed by atoms with Gasteiger partial charge >= 0.3 is 12.0 Å². The maximum absolute atomic E-state index is 13.6. The van der Waals surface area contributed by atoms with Crippen LogP contribution in [0.3, 0.4) is 0 Å². The summed E-state index contributed by atoms with van der Waals surface area (Å²) in [5.74, 6) is -1.47. The Morgan fingerprint density at radius 1 is 1.50 bits per heavy atom. The Kier molecular flexibility index (Phi) is 3.18. The van der Waals surface area contributed by atoms with E-state index in [0.29, 0.717) is 0 Å². The van der Waals surface area contributed by atoms with Crippen LogP contribution in [0, 0.1) is 5.82 Å². The fourth-order valence-electron chi connectivity index (χ4n) is 2.03. The molecular weight excluding hydrogens is 239 g/mol. The Morgan fingerprint density at radius 2 is 2.17 bits per heavy atom. The Labute approximate surface area is 103 Å². The second-order valence-electron chi connectivity index (χ2n) is 4.21. The van der Waals surface area contributed by atoms with E-state index >= 15 is 0 Å². The lowest BCUT2D eigenvalue weighted by Crippen LogP contribution is -2.32. The third-order valence-electron chi connectivity index (χ3n) is 3.03. The number of hydrogen-bond acceptors (Lipinski definition) is 2. The molecule has 0 bridgehead atoms. The van der Waals surface area contributed by atoms with Crippen LogP contribution in [0.1, 0.15) is 6.42 Å². The largest absolute Gasteiger partial charge is 0.481 e. The van der Waals surface area contributed by atoms with Crippen molar-refractivity contribution in [3.8, 4) is 0 Å². The number of carboxylic acid groups (broad SMARTS) is 1. The summed E-state index contributed by atoms with van der Waals surface area (Å²) in [5, 5.41) is 8.76. The van der Waals surface area contributed by atoms with Gasteiger partial charge in [-0.15, -0.1) is 0 Å². The van der Waals surface area contributed by atoms with Crippen LogP contribution in [0.4, 0.5) is 14.9 Å². The lowest BCUT2D eigenvalue weighted by Gasteiger charge is -2.16. The summed E-state index contributed by atoms with van der Waals surface area (Å²) in [6.07, 6.45) is -0.146. The summed E-state index contributed by atoms with van der Waals surface area (Å²) in [6, 6.07) is 5.13. The quantitative estimate of drug-likeness (QED) is 0.887. The minimum Gasteiger partial charge on any atom is -0.481 e. The van der Waals surface area contributed by atoms with Crippen molar-refractivity contribution in [1.29, 1.82) is 0 Å². The molecule has 1 atom stereocenters. The van der Waals surface area contributed by atoms with Gasteiger partial charge < -0.3 is 10.0 Å². The van der Waals surface area contributed by atoms with E-state index in [2.05, 4.69) is 0 Å². The number of amides is 2. The van der Waals surface area contributed by atoms with Crippen LogP contribution in [0.15, 0.2) is 24.3 Å². The zero-order valence-corrected chi connectivity index (χ0v) is 9.84. The summed E-state index contributed by atoms with van der Waals surface area (Å²) < 4.78 is 13.6. The number of carbonyl (C=O) groups is 2. The molecular formula is C12H13FN2O3. The zero-order valence-electron chi connectivity index (χ0n) is 9.84. The number of nitrogens with zero attached hydrogens (tertiary/aromatic N) is 2. The molecule has 6 heteroatoms. The van der Waals surface area contributed by atoms with Crippen LogP contribution < -0.4 is 4.90 Å². The van der Waals surface area contributed by atoms with Crippen molar-refractivity contribution in [3.05, 3.63) is 30.1 Å². The Bertz CT molecular complexity index is 492. The molecule has 0 radical (unpaired) electrons. The first kappa shape index (κ1) is 12.3. The number of para-hydroxylation sites is 1. The van der Waals surface area contributed by atoms with E-state index < -0.39 is 17.8 Å². The fraction of sp³-hybridized carbons (Fsp3) is 0.333. The van der Waals surface area contributed by atoms with Gasteiger partial charge in [0.2, 0.25) is 0 Å². The van der Waals surface area contributed by atoms with Crippen molar-refractivity contribution in [2.75, 3.05) is 18.5 Å². The molecule has 1 heterocycles. The number of anilines is 1. The summed E-state index contributed by atoms with van der Waals surface area (Å²) in [5.41, 5.74) is 0.183. The highest BCUT2D eigenvalue weighted by atomic mass is 19.1. The molecule has 1 aromatic rings. The highest BCUT2D eigenvalue weighted by molar-refractivity contribution is 5.95. The predicted octanol–water partition coefficient (Wildman–Crippen LogP) is 1.54. The normalized spacial score (nSPS) is 19.4. The molecule has 96 valence electrons. The van der Waals surface area contributed by atoms with Crippen LogP contribution in [-0.4, -0.2) is 41.6 Å². The molecule has 2 amide bonds. The van der Waals surface area contributed by atoms with Gasteiger partial charge in [0, 0.05) is 13.6 Å². The second kappa shape index (κ2) is 4.64. The van der Waals surface area contributed by atoms with Gasteiger partial charge in [0.1, 0.15) is 5.82 Å². The molecule has 0 spiro atoms. The lowest BCUT2D eigenvalue weighted by molar-refractivity contribution is -0.137. The number of carbonyl (C=O) groups excluding carboxylic acids is 1. The number of likely N-dealkylation sites (N-methyl/N-ethyl adjacent to an activating group) is 1. The van der Waals surface area contributed by atoms with E-state index in [1.165, 1.54) is 35.0 Å². The molecule has 1 aromatic carbocycles. The van der Waals surface area contributed by atoms with Crippen LogP contribution in [-0.2, 0) is 4.79 Å². The number of hydrogen-bond donors (Lipinski definition) is 1. The van der Waals surface area contributed by atoms with Crippen molar-refractivity contribution in [2.45, 2.75) is 12.5 Å². The Balaban J connectivity index is 2.24. The molecule has 1 aliphatic rings. The molecule has 2 rings (SSSR count). The molecule has 1 fully saturated rings. The molecule has 0 saturated carbocycles. The average molecular weight is 252 g/mol. The van der Waals surface area contributed by atoms with Crippen LogP contribution in [0.5, 0.6) is 0 Å². The molecule has 1 saturated heterocycles. The highest BCUT2D eigenvalue weighted by Gasteiger charge is 2.37. The van der Waals surface area contributed by atoms with Crippen molar-refractivity contribution in [2.24, 2.45) is 0 Å². The Hall–Kier alpha value is -2.11.